The molecule has 1 aliphatic rings. The molecule has 0 N–H and O–H groups in total. The summed E-state index contributed by atoms with van der Waals surface area (Å²) in [6.07, 6.45) is 1.97. The third-order valence-corrected chi connectivity index (χ3v) is 4.59. The summed E-state index contributed by atoms with van der Waals surface area (Å²) < 4.78 is 11.0. The van der Waals surface area contributed by atoms with E-state index in [2.05, 4.69) is 55.4 Å². The van der Waals surface area contributed by atoms with Crippen LogP contribution in [0.15, 0.2) is 47.5 Å². The van der Waals surface area contributed by atoms with E-state index in [0.717, 1.165) is 47.7 Å². The predicted molar refractivity (Wildman–Crippen MR) is 102 cm³/mol. The molecule has 0 fully saturated rings. The van der Waals surface area contributed by atoms with Gasteiger partial charge in [0.25, 0.3) is 0 Å². The molecule has 4 heteroatoms. The summed E-state index contributed by atoms with van der Waals surface area (Å²) in [5.41, 5.74) is 4.61. The number of ether oxygens (including phenoxy) is 2. The minimum absolute atomic E-state index is 0.281. The molecule has 2 aromatic rings. The SMILES string of the molecule is COc1cc2c(cc1OC)C(c1ccccc1)=NC(CCN(C)C)C2. The smallest absolute Gasteiger partial charge is 0.161 e. The largest absolute Gasteiger partial charge is 0.493 e. The molecule has 1 atom stereocenters. The van der Waals surface area contributed by atoms with Gasteiger partial charge in [-0.25, -0.2) is 0 Å². The van der Waals surface area contributed by atoms with Gasteiger partial charge >= 0.3 is 0 Å². The van der Waals surface area contributed by atoms with Gasteiger partial charge in [-0.1, -0.05) is 30.3 Å². The van der Waals surface area contributed by atoms with Crippen molar-refractivity contribution >= 4 is 5.71 Å². The van der Waals surface area contributed by atoms with E-state index in [9.17, 15) is 0 Å². The number of rotatable bonds is 6. The van der Waals surface area contributed by atoms with Crippen molar-refractivity contribution in [3.63, 3.8) is 0 Å². The highest BCUT2D eigenvalue weighted by Gasteiger charge is 2.24. The van der Waals surface area contributed by atoms with Crippen molar-refractivity contribution in [2.24, 2.45) is 4.99 Å². The molecule has 0 saturated heterocycles. The maximum Gasteiger partial charge on any atom is 0.161 e. The van der Waals surface area contributed by atoms with E-state index in [1.54, 1.807) is 14.2 Å². The van der Waals surface area contributed by atoms with Crippen molar-refractivity contribution < 1.29 is 9.47 Å². The van der Waals surface area contributed by atoms with Crippen LogP contribution in [-0.4, -0.2) is 51.5 Å². The molecule has 0 spiro atoms. The molecule has 0 aromatic heterocycles. The van der Waals surface area contributed by atoms with E-state index >= 15 is 0 Å². The van der Waals surface area contributed by atoms with Gasteiger partial charge in [-0.15, -0.1) is 0 Å². The van der Waals surface area contributed by atoms with Crippen molar-refractivity contribution in [3.8, 4) is 11.5 Å². The fourth-order valence-electron chi connectivity index (χ4n) is 3.26. The molecular weight excluding hydrogens is 312 g/mol. The van der Waals surface area contributed by atoms with Crippen LogP contribution in [0.5, 0.6) is 11.5 Å². The molecule has 1 aliphatic heterocycles. The first-order chi connectivity index (χ1) is 12.1. The van der Waals surface area contributed by atoms with Crippen LogP contribution in [0, 0.1) is 0 Å². The fourth-order valence-corrected chi connectivity index (χ4v) is 3.26. The molecule has 4 nitrogen and oxygen atoms in total. The molecule has 2 aromatic carbocycles. The zero-order valence-electron chi connectivity index (χ0n) is 15.5. The van der Waals surface area contributed by atoms with E-state index in [0.29, 0.717) is 0 Å². The van der Waals surface area contributed by atoms with E-state index in [-0.39, 0.29) is 6.04 Å². The van der Waals surface area contributed by atoms with E-state index in [4.69, 9.17) is 14.5 Å². The second-order valence-corrected chi connectivity index (χ2v) is 6.66. The van der Waals surface area contributed by atoms with Crippen LogP contribution < -0.4 is 9.47 Å². The molecule has 0 amide bonds. The second kappa shape index (κ2) is 7.70. The summed E-state index contributed by atoms with van der Waals surface area (Å²) in [5, 5.41) is 0. The predicted octanol–water partition coefficient (Wildman–Crippen LogP) is 3.42. The van der Waals surface area contributed by atoms with Crippen molar-refractivity contribution in [2.75, 3.05) is 34.9 Å². The first kappa shape index (κ1) is 17.5. The third kappa shape index (κ3) is 3.85. The first-order valence-corrected chi connectivity index (χ1v) is 8.65. The maximum atomic E-state index is 5.51. The summed E-state index contributed by atoms with van der Waals surface area (Å²) in [4.78, 5) is 7.30. The van der Waals surface area contributed by atoms with Crippen LogP contribution in [0.4, 0.5) is 0 Å². The monoisotopic (exact) mass is 338 g/mol. The van der Waals surface area contributed by atoms with Gasteiger partial charge in [0.05, 0.1) is 26.0 Å². The van der Waals surface area contributed by atoms with Crippen LogP contribution in [0.2, 0.25) is 0 Å². The van der Waals surface area contributed by atoms with Crippen LogP contribution >= 0.6 is 0 Å². The minimum Gasteiger partial charge on any atom is -0.493 e. The Bertz CT molecular complexity index is 754. The molecule has 0 saturated carbocycles. The van der Waals surface area contributed by atoms with E-state index in [1.807, 2.05) is 6.07 Å². The summed E-state index contributed by atoms with van der Waals surface area (Å²) >= 11 is 0. The summed E-state index contributed by atoms with van der Waals surface area (Å²) in [6.45, 7) is 1.03. The minimum atomic E-state index is 0.281. The zero-order chi connectivity index (χ0) is 17.8. The molecule has 3 rings (SSSR count). The Hall–Kier alpha value is -2.33. The summed E-state index contributed by atoms with van der Waals surface area (Å²) in [7, 11) is 7.56. The van der Waals surface area contributed by atoms with Crippen molar-refractivity contribution in [1.29, 1.82) is 0 Å². The number of fused-ring (bicyclic) bond motifs is 1. The van der Waals surface area contributed by atoms with Gasteiger partial charge in [0, 0.05) is 11.1 Å². The topological polar surface area (TPSA) is 34.1 Å². The van der Waals surface area contributed by atoms with Gasteiger partial charge in [-0.05, 0) is 51.2 Å². The Balaban J connectivity index is 2.06. The maximum absolute atomic E-state index is 5.51. The lowest BCUT2D eigenvalue weighted by molar-refractivity contribution is 0.353. The van der Waals surface area contributed by atoms with Crippen molar-refractivity contribution in [2.45, 2.75) is 18.9 Å². The highest BCUT2D eigenvalue weighted by molar-refractivity contribution is 6.14. The molecule has 1 heterocycles. The third-order valence-electron chi connectivity index (χ3n) is 4.59. The normalized spacial score (nSPS) is 16.4. The Morgan fingerprint density at radius 2 is 1.72 bits per heavy atom. The molecular formula is C21H26N2O2. The lowest BCUT2D eigenvalue weighted by Crippen LogP contribution is -2.26. The van der Waals surface area contributed by atoms with Gasteiger partial charge < -0.3 is 14.4 Å². The van der Waals surface area contributed by atoms with Gasteiger partial charge in [0.15, 0.2) is 11.5 Å². The molecule has 0 bridgehead atoms. The Morgan fingerprint density at radius 3 is 2.36 bits per heavy atom. The average Bonchev–Trinajstić information content (AvgIpc) is 2.65. The van der Waals surface area contributed by atoms with Crippen molar-refractivity contribution in [1.82, 2.24) is 4.90 Å². The Morgan fingerprint density at radius 1 is 1.04 bits per heavy atom. The molecule has 1 unspecified atom stereocenters. The molecule has 132 valence electrons. The molecule has 0 aliphatic carbocycles. The zero-order valence-corrected chi connectivity index (χ0v) is 15.5. The number of nitrogens with zero attached hydrogens (tertiary/aromatic N) is 2. The Kier molecular flexibility index (Phi) is 5.39. The summed E-state index contributed by atoms with van der Waals surface area (Å²) in [5.74, 6) is 1.53. The Labute approximate surface area is 150 Å². The van der Waals surface area contributed by atoms with Crippen LogP contribution in [0.25, 0.3) is 0 Å². The van der Waals surface area contributed by atoms with Crippen LogP contribution in [0.1, 0.15) is 23.1 Å². The number of aliphatic imine (C=N–C) groups is 1. The van der Waals surface area contributed by atoms with Crippen LogP contribution in [-0.2, 0) is 6.42 Å². The number of hydrogen-bond acceptors (Lipinski definition) is 4. The summed E-state index contributed by atoms with van der Waals surface area (Å²) in [6, 6.07) is 14.8. The van der Waals surface area contributed by atoms with Gasteiger partial charge in [-0.3, -0.25) is 4.99 Å². The average molecular weight is 338 g/mol. The second-order valence-electron chi connectivity index (χ2n) is 6.66. The standard InChI is InChI=1S/C21H26N2O2/c1-23(2)11-10-17-12-16-13-19(24-3)20(25-4)14-18(16)21(22-17)15-8-6-5-7-9-15/h5-9,13-14,17H,10-12H2,1-4H3. The number of methoxy groups -OCH3 is 2. The van der Waals surface area contributed by atoms with E-state index in [1.165, 1.54) is 5.56 Å². The highest BCUT2D eigenvalue weighted by atomic mass is 16.5. The van der Waals surface area contributed by atoms with Crippen molar-refractivity contribution in [3.05, 3.63) is 59.2 Å². The van der Waals surface area contributed by atoms with Gasteiger partial charge in [0.1, 0.15) is 0 Å². The highest BCUT2D eigenvalue weighted by Crippen LogP contribution is 2.35. The first-order valence-electron chi connectivity index (χ1n) is 8.65. The molecule has 0 radical (unpaired) electrons. The van der Waals surface area contributed by atoms with E-state index < -0.39 is 0 Å². The van der Waals surface area contributed by atoms with Gasteiger partial charge in [-0.2, -0.15) is 0 Å². The van der Waals surface area contributed by atoms with Crippen LogP contribution in [0.3, 0.4) is 0 Å². The van der Waals surface area contributed by atoms with Gasteiger partial charge in [0.2, 0.25) is 0 Å². The quantitative estimate of drug-likeness (QED) is 0.809. The number of hydrogen-bond donors (Lipinski definition) is 0. The number of benzene rings is 2. The fraction of sp³-hybridized carbons (Fsp3) is 0.381. The lowest BCUT2D eigenvalue weighted by Gasteiger charge is -2.26. The molecule has 25 heavy (non-hydrogen) atoms. The lowest BCUT2D eigenvalue weighted by atomic mass is 9.89.